The smallest absolute Gasteiger partial charge is 0.319 e. The predicted molar refractivity (Wildman–Crippen MR) is 189 cm³/mol. The van der Waals surface area contributed by atoms with Crippen molar-refractivity contribution in [3.8, 4) is 6.01 Å². The molecule has 2 aliphatic carbocycles. The van der Waals surface area contributed by atoms with E-state index in [-0.39, 0.29) is 42.0 Å². The molecule has 11 heteroatoms. The van der Waals surface area contributed by atoms with Crippen molar-refractivity contribution in [3.05, 3.63) is 76.6 Å². The number of methoxy groups -OCH3 is 2. The summed E-state index contributed by atoms with van der Waals surface area (Å²) < 4.78 is 49.8. The Morgan fingerprint density at radius 3 is 2.64 bits per heavy atom. The van der Waals surface area contributed by atoms with Crippen molar-refractivity contribution in [1.82, 2.24) is 20.2 Å². The Kier molecular flexibility index (Phi) is 9.03. The van der Waals surface area contributed by atoms with Crippen LogP contribution in [0.5, 0.6) is 6.01 Å². The van der Waals surface area contributed by atoms with Gasteiger partial charge >= 0.3 is 6.01 Å². The Balaban J connectivity index is 1.03. The number of piperazine rings is 1. The van der Waals surface area contributed by atoms with Crippen LogP contribution in [0.15, 0.2) is 48.2 Å². The fourth-order valence-corrected chi connectivity index (χ4v) is 9.37. The van der Waals surface area contributed by atoms with E-state index in [1.165, 1.54) is 25.0 Å². The van der Waals surface area contributed by atoms with Crippen LogP contribution in [0, 0.1) is 17.0 Å². The number of rotatable bonds is 13. The molecule has 2 N–H and O–H groups in total. The minimum atomic E-state index is -0.752. The Morgan fingerprint density at radius 1 is 1.12 bits per heavy atom. The van der Waals surface area contributed by atoms with Crippen LogP contribution in [0.25, 0.3) is 17.0 Å². The summed E-state index contributed by atoms with van der Waals surface area (Å²) in [5, 5.41) is 14.5. The Bertz CT molecular complexity index is 1800. The van der Waals surface area contributed by atoms with Crippen LogP contribution in [0.1, 0.15) is 55.7 Å². The molecular weight excluding hydrogens is 640 g/mol. The molecule has 1 aromatic heterocycles. The number of hydrogen-bond acceptors (Lipinski definition) is 9. The third-order valence-corrected chi connectivity index (χ3v) is 12.1. The summed E-state index contributed by atoms with van der Waals surface area (Å²) in [6.07, 6.45) is 11.2. The quantitative estimate of drug-likeness (QED) is 0.172. The van der Waals surface area contributed by atoms with Crippen molar-refractivity contribution in [2.75, 3.05) is 45.4 Å². The van der Waals surface area contributed by atoms with Crippen LogP contribution < -0.4 is 15.0 Å². The number of benzene rings is 2. The number of piperidine rings is 2. The average molecular weight is 688 g/mol. The zero-order valence-corrected chi connectivity index (χ0v) is 29.1. The number of likely N-dealkylation sites (tertiary alicyclic amines) is 1. The molecule has 0 amide bonds. The second kappa shape index (κ2) is 13.5. The van der Waals surface area contributed by atoms with Crippen LogP contribution in [-0.4, -0.2) is 96.8 Å². The number of ether oxygens (including phenoxy) is 3. The van der Waals surface area contributed by atoms with Crippen LogP contribution >= 0.6 is 0 Å². The molecule has 7 atom stereocenters. The SMILES string of the molecule is CCc1cccc(/C=C(O)\C=C\Cc2c(F)cc3c(N4CC5CCC(C4)N5)nc(OC[C@@H](CN4C5CCC56C(OC)CC46)OC)nc3c2F)c1. The molecule has 0 radical (unpaired) electrons. The lowest BCUT2D eigenvalue weighted by atomic mass is 9.41. The van der Waals surface area contributed by atoms with Crippen molar-refractivity contribution in [2.45, 2.75) is 88.2 Å². The van der Waals surface area contributed by atoms with Gasteiger partial charge in [-0.2, -0.15) is 9.97 Å². The molecule has 8 rings (SSSR count). The van der Waals surface area contributed by atoms with Gasteiger partial charge in [-0.05, 0) is 74.3 Å². The molecule has 3 aromatic rings. The van der Waals surface area contributed by atoms with Gasteiger partial charge in [0.05, 0.1) is 6.10 Å². The lowest BCUT2D eigenvalue weighted by Crippen LogP contribution is -2.87. The fourth-order valence-electron chi connectivity index (χ4n) is 9.37. The number of anilines is 1. The number of aliphatic hydroxyl groups is 1. The first kappa shape index (κ1) is 33.5. The van der Waals surface area contributed by atoms with Crippen molar-refractivity contribution in [1.29, 1.82) is 0 Å². The first-order chi connectivity index (χ1) is 24.3. The molecule has 5 aliphatic rings. The first-order valence-electron chi connectivity index (χ1n) is 18.1. The Morgan fingerprint density at radius 2 is 1.94 bits per heavy atom. The number of hydrogen-bond donors (Lipinski definition) is 2. The van der Waals surface area contributed by atoms with Crippen LogP contribution in [0.3, 0.4) is 0 Å². The van der Waals surface area contributed by atoms with Gasteiger partial charge in [-0.15, -0.1) is 0 Å². The molecular formula is C39H47F2N5O4. The Hall–Kier alpha value is -3.64. The minimum Gasteiger partial charge on any atom is -0.508 e. The normalized spacial score (nSPS) is 29.3. The van der Waals surface area contributed by atoms with Crippen molar-refractivity contribution < 1.29 is 28.1 Å². The third-order valence-electron chi connectivity index (χ3n) is 12.1. The number of halogens is 2. The van der Waals surface area contributed by atoms with Gasteiger partial charge in [-0.25, -0.2) is 8.78 Å². The highest BCUT2D eigenvalue weighted by Gasteiger charge is 2.75. The molecule has 266 valence electrons. The molecule has 1 spiro atoms. The summed E-state index contributed by atoms with van der Waals surface area (Å²) in [6, 6.07) is 10.9. The highest BCUT2D eigenvalue weighted by atomic mass is 19.1. The summed E-state index contributed by atoms with van der Waals surface area (Å²) in [7, 11) is 3.50. The largest absolute Gasteiger partial charge is 0.508 e. The van der Waals surface area contributed by atoms with Crippen molar-refractivity contribution >= 4 is 22.8 Å². The molecule has 6 unspecified atom stereocenters. The fraction of sp³-hybridized carbons (Fsp3) is 0.538. The van der Waals surface area contributed by atoms with Crippen molar-refractivity contribution in [3.63, 3.8) is 0 Å². The molecule has 50 heavy (non-hydrogen) atoms. The molecule has 2 aromatic carbocycles. The van der Waals surface area contributed by atoms with Gasteiger partial charge in [0.2, 0.25) is 0 Å². The topological polar surface area (TPSA) is 92.2 Å². The van der Waals surface area contributed by atoms with E-state index >= 15 is 8.78 Å². The zero-order chi connectivity index (χ0) is 34.6. The average Bonchev–Trinajstić information content (AvgIpc) is 3.43. The monoisotopic (exact) mass is 687 g/mol. The molecule has 2 bridgehead atoms. The van der Waals surface area contributed by atoms with E-state index in [0.717, 1.165) is 43.4 Å². The lowest BCUT2D eigenvalue weighted by Gasteiger charge is -2.79. The number of aliphatic hydroxyl groups excluding tert-OH is 1. The number of allylic oxidation sites excluding steroid dienone is 2. The summed E-state index contributed by atoms with van der Waals surface area (Å²) in [6.45, 7) is 4.37. The molecule has 5 fully saturated rings. The van der Waals surface area contributed by atoms with Crippen LogP contribution in [-0.2, 0) is 22.3 Å². The number of aryl methyl sites for hydroxylation is 1. The minimum absolute atomic E-state index is 0.00163. The highest BCUT2D eigenvalue weighted by Crippen LogP contribution is 2.68. The highest BCUT2D eigenvalue weighted by molar-refractivity contribution is 5.91. The molecule has 3 saturated heterocycles. The van der Waals surface area contributed by atoms with Crippen LogP contribution in [0.4, 0.5) is 14.6 Å². The van der Waals surface area contributed by atoms with Gasteiger partial charge in [-0.1, -0.05) is 37.3 Å². The van der Waals surface area contributed by atoms with Gasteiger partial charge in [0.25, 0.3) is 0 Å². The van der Waals surface area contributed by atoms with E-state index in [1.807, 2.05) is 31.4 Å². The number of fused-ring (bicyclic) bond motifs is 3. The van der Waals surface area contributed by atoms with Gasteiger partial charge in [0, 0.05) is 74.4 Å². The maximum Gasteiger partial charge on any atom is 0.319 e. The summed E-state index contributed by atoms with van der Waals surface area (Å²) >= 11 is 0. The number of nitrogens with zero attached hydrogens (tertiary/aromatic N) is 4. The second-order valence-electron chi connectivity index (χ2n) is 14.7. The number of nitrogens with one attached hydrogen (secondary N) is 1. The molecule has 4 heterocycles. The standard InChI is InChI=1S/C39H47F2N5O4/c1-4-23-7-5-8-24(15-23)16-27(47)9-6-10-29-31(40)17-30-36(35(29)41)43-38(44-37(30)45-19-25-11-12-26(20-45)42-25)50-22-28(48-2)21-46-32-13-14-39(32)33(46)18-34(39)49-3/h5-9,15-17,25-26,28,32-34,42,47H,4,10-14,18-22H2,1-3H3/b9-6+,27-16+/t25?,26?,28-,32?,33?,34?,39?/m1/s1. The number of aromatic nitrogens is 2. The van der Waals surface area contributed by atoms with Crippen LogP contribution in [0.2, 0.25) is 0 Å². The summed E-state index contributed by atoms with van der Waals surface area (Å²) in [5.74, 6) is -0.950. The summed E-state index contributed by atoms with van der Waals surface area (Å²) in [4.78, 5) is 13.9. The van der Waals surface area contributed by atoms with Gasteiger partial charge in [0.1, 0.15) is 35.6 Å². The molecule has 9 nitrogen and oxygen atoms in total. The van der Waals surface area contributed by atoms with E-state index in [2.05, 4.69) is 27.0 Å². The predicted octanol–water partition coefficient (Wildman–Crippen LogP) is 5.75. The first-order valence-corrected chi connectivity index (χ1v) is 18.1. The second-order valence-corrected chi connectivity index (χ2v) is 14.7. The third kappa shape index (κ3) is 5.76. The van der Waals surface area contributed by atoms with Gasteiger partial charge in [-0.3, -0.25) is 4.90 Å². The lowest BCUT2D eigenvalue weighted by molar-refractivity contribution is -0.329. The van der Waals surface area contributed by atoms with E-state index in [4.69, 9.17) is 19.2 Å². The van der Waals surface area contributed by atoms with E-state index in [9.17, 15) is 5.11 Å². The van der Waals surface area contributed by atoms with E-state index in [0.29, 0.717) is 60.0 Å². The molecule has 3 aliphatic heterocycles. The zero-order valence-electron chi connectivity index (χ0n) is 29.1. The van der Waals surface area contributed by atoms with Gasteiger partial charge in [0.15, 0.2) is 5.82 Å². The van der Waals surface area contributed by atoms with Crippen molar-refractivity contribution in [2.24, 2.45) is 5.41 Å². The van der Waals surface area contributed by atoms with E-state index in [1.54, 1.807) is 19.3 Å². The van der Waals surface area contributed by atoms with E-state index < -0.39 is 11.6 Å². The maximum absolute atomic E-state index is 16.3. The Labute approximate surface area is 292 Å². The maximum atomic E-state index is 16.3. The summed E-state index contributed by atoms with van der Waals surface area (Å²) in [5.41, 5.74) is 2.22. The molecule has 2 saturated carbocycles. The van der Waals surface area contributed by atoms with Gasteiger partial charge < -0.3 is 29.5 Å².